The van der Waals surface area contributed by atoms with Gasteiger partial charge in [0.1, 0.15) is 5.82 Å². The molecule has 1 atom stereocenters. The van der Waals surface area contributed by atoms with Gasteiger partial charge in [0.05, 0.1) is 18.1 Å². The second kappa shape index (κ2) is 3.39. The fourth-order valence-corrected chi connectivity index (χ4v) is 1.31. The topological polar surface area (TPSA) is 51.8 Å². The Kier molecular flexibility index (Phi) is 2.08. The second-order valence-electron chi connectivity index (χ2n) is 3.03. The largest absolute Gasteiger partial charge is 0.396 e. The number of hydrogen-bond donors (Lipinski definition) is 1. The maximum Gasteiger partial charge on any atom is 0.135 e. The summed E-state index contributed by atoms with van der Waals surface area (Å²) >= 11 is 0. The third-order valence-electron chi connectivity index (χ3n) is 2.00. The molecule has 1 aromatic heterocycles. The number of anilines is 1. The lowest BCUT2D eigenvalue weighted by molar-refractivity contribution is 0.772. The van der Waals surface area contributed by atoms with Crippen molar-refractivity contribution >= 4 is 5.69 Å². The highest BCUT2D eigenvalue weighted by molar-refractivity contribution is 5.31. The normalized spacial score (nSPS) is 20.5. The van der Waals surface area contributed by atoms with Crippen molar-refractivity contribution < 1.29 is 0 Å². The highest BCUT2D eigenvalue weighted by Crippen LogP contribution is 2.20. The summed E-state index contributed by atoms with van der Waals surface area (Å²) in [6, 6.07) is 0. The molecule has 3 nitrogen and oxygen atoms in total. The Balaban J connectivity index is 2.21. The van der Waals surface area contributed by atoms with Crippen LogP contribution in [0.1, 0.15) is 18.2 Å². The van der Waals surface area contributed by atoms with Crippen molar-refractivity contribution in [3.05, 3.63) is 42.5 Å². The van der Waals surface area contributed by atoms with Crippen LogP contribution in [0.5, 0.6) is 0 Å². The molecule has 2 N–H and O–H groups in total. The van der Waals surface area contributed by atoms with E-state index in [1.807, 2.05) is 12.2 Å². The highest BCUT2D eigenvalue weighted by Gasteiger charge is 2.10. The summed E-state index contributed by atoms with van der Waals surface area (Å²) in [4.78, 5) is 8.36. The first-order valence-corrected chi connectivity index (χ1v) is 4.27. The minimum atomic E-state index is 0.311. The van der Waals surface area contributed by atoms with Crippen LogP contribution < -0.4 is 5.73 Å². The fourth-order valence-electron chi connectivity index (χ4n) is 1.31. The van der Waals surface area contributed by atoms with E-state index in [9.17, 15) is 0 Å². The Bertz CT molecular complexity index is 338. The van der Waals surface area contributed by atoms with Gasteiger partial charge in [0.25, 0.3) is 0 Å². The molecule has 1 heterocycles. The Hall–Kier alpha value is -1.64. The Morgan fingerprint density at radius 3 is 2.62 bits per heavy atom. The molecule has 2 rings (SSSR count). The summed E-state index contributed by atoms with van der Waals surface area (Å²) in [6.45, 7) is 0. The van der Waals surface area contributed by atoms with E-state index >= 15 is 0 Å². The van der Waals surface area contributed by atoms with E-state index in [1.165, 1.54) is 0 Å². The molecule has 0 radical (unpaired) electrons. The molecule has 0 saturated heterocycles. The van der Waals surface area contributed by atoms with Gasteiger partial charge in [-0.15, -0.1) is 0 Å². The summed E-state index contributed by atoms with van der Waals surface area (Å²) in [5.74, 6) is 1.15. The highest BCUT2D eigenvalue weighted by atomic mass is 14.9. The van der Waals surface area contributed by atoms with Crippen LogP contribution >= 0.6 is 0 Å². The van der Waals surface area contributed by atoms with Crippen LogP contribution in [0.15, 0.2) is 36.7 Å². The molecule has 1 aliphatic carbocycles. The summed E-state index contributed by atoms with van der Waals surface area (Å²) in [5, 5.41) is 0. The van der Waals surface area contributed by atoms with E-state index in [-0.39, 0.29) is 0 Å². The maximum absolute atomic E-state index is 5.50. The van der Waals surface area contributed by atoms with Crippen LogP contribution in [0.25, 0.3) is 0 Å². The lowest BCUT2D eigenvalue weighted by Gasteiger charge is -2.10. The lowest BCUT2D eigenvalue weighted by Crippen LogP contribution is -2.03. The maximum atomic E-state index is 5.50. The predicted octanol–water partition coefficient (Wildman–Crippen LogP) is 1.66. The summed E-state index contributed by atoms with van der Waals surface area (Å²) in [5.41, 5.74) is 6.11. The van der Waals surface area contributed by atoms with Gasteiger partial charge in [-0.05, 0) is 6.42 Å². The lowest BCUT2D eigenvalue weighted by atomic mass is 10.0. The molecule has 66 valence electrons. The zero-order chi connectivity index (χ0) is 9.10. The minimum absolute atomic E-state index is 0.311. The van der Waals surface area contributed by atoms with Gasteiger partial charge in [0, 0.05) is 5.92 Å². The van der Waals surface area contributed by atoms with Crippen molar-refractivity contribution in [3.63, 3.8) is 0 Å². The number of aromatic nitrogens is 2. The molecule has 0 aliphatic heterocycles. The Morgan fingerprint density at radius 1 is 1.23 bits per heavy atom. The first kappa shape index (κ1) is 7.98. The molecule has 0 amide bonds. The number of hydrogen-bond acceptors (Lipinski definition) is 3. The average molecular weight is 173 g/mol. The number of allylic oxidation sites excluding steroid dienone is 4. The van der Waals surface area contributed by atoms with Crippen LogP contribution in [0, 0.1) is 0 Å². The van der Waals surface area contributed by atoms with Gasteiger partial charge in [0.15, 0.2) is 0 Å². The third-order valence-corrected chi connectivity index (χ3v) is 2.00. The van der Waals surface area contributed by atoms with Crippen molar-refractivity contribution in [2.45, 2.75) is 12.3 Å². The van der Waals surface area contributed by atoms with Crippen molar-refractivity contribution in [1.82, 2.24) is 9.97 Å². The van der Waals surface area contributed by atoms with Gasteiger partial charge < -0.3 is 5.73 Å². The molecule has 0 bridgehead atoms. The molecule has 13 heavy (non-hydrogen) atoms. The third kappa shape index (κ3) is 1.75. The molecular formula is C10H11N3. The number of nitrogen functional groups attached to an aromatic ring is 1. The van der Waals surface area contributed by atoms with Crippen molar-refractivity contribution in [2.75, 3.05) is 5.73 Å². The monoisotopic (exact) mass is 173 g/mol. The van der Waals surface area contributed by atoms with Crippen molar-refractivity contribution in [3.8, 4) is 0 Å². The van der Waals surface area contributed by atoms with E-state index in [2.05, 4.69) is 22.1 Å². The molecule has 0 saturated carbocycles. The quantitative estimate of drug-likeness (QED) is 0.702. The average Bonchev–Trinajstić information content (AvgIpc) is 2.20. The van der Waals surface area contributed by atoms with E-state index in [0.717, 1.165) is 12.2 Å². The van der Waals surface area contributed by atoms with Crippen LogP contribution in [0.4, 0.5) is 5.69 Å². The summed E-state index contributed by atoms with van der Waals surface area (Å²) < 4.78 is 0. The molecule has 0 spiro atoms. The predicted molar refractivity (Wildman–Crippen MR) is 52.1 cm³/mol. The molecule has 1 aromatic rings. The van der Waals surface area contributed by atoms with Crippen LogP contribution in [-0.4, -0.2) is 9.97 Å². The van der Waals surface area contributed by atoms with Gasteiger partial charge in [-0.3, -0.25) is 0 Å². The van der Waals surface area contributed by atoms with E-state index in [0.29, 0.717) is 11.6 Å². The van der Waals surface area contributed by atoms with Gasteiger partial charge in [0.2, 0.25) is 0 Å². The first-order valence-electron chi connectivity index (χ1n) is 4.27. The summed E-state index contributed by atoms with van der Waals surface area (Å²) in [7, 11) is 0. The molecule has 0 fully saturated rings. The zero-order valence-electron chi connectivity index (χ0n) is 7.22. The number of nitrogens with two attached hydrogens (primary N) is 1. The van der Waals surface area contributed by atoms with Gasteiger partial charge >= 0.3 is 0 Å². The summed E-state index contributed by atoms with van der Waals surface area (Å²) in [6.07, 6.45) is 12.5. The Labute approximate surface area is 77.0 Å². The van der Waals surface area contributed by atoms with E-state index in [4.69, 9.17) is 5.73 Å². The van der Waals surface area contributed by atoms with Crippen LogP contribution in [0.2, 0.25) is 0 Å². The molecular weight excluding hydrogens is 162 g/mol. The van der Waals surface area contributed by atoms with Crippen LogP contribution in [-0.2, 0) is 0 Å². The van der Waals surface area contributed by atoms with E-state index in [1.54, 1.807) is 12.4 Å². The van der Waals surface area contributed by atoms with Gasteiger partial charge in [-0.2, -0.15) is 0 Å². The molecule has 1 unspecified atom stereocenters. The zero-order valence-corrected chi connectivity index (χ0v) is 7.22. The molecule has 3 heteroatoms. The van der Waals surface area contributed by atoms with Gasteiger partial charge in [-0.25, -0.2) is 9.97 Å². The number of nitrogens with zero attached hydrogens (tertiary/aromatic N) is 2. The number of rotatable bonds is 1. The van der Waals surface area contributed by atoms with E-state index < -0.39 is 0 Å². The minimum Gasteiger partial charge on any atom is -0.396 e. The molecule has 1 aliphatic rings. The standard InChI is InChI=1S/C10H11N3/c11-9-6-12-10(13-7-9)8-4-2-1-3-5-8/h1-4,6-8H,5,11H2. The van der Waals surface area contributed by atoms with Gasteiger partial charge in [-0.1, -0.05) is 24.3 Å². The SMILES string of the molecule is Nc1cnc(C2C=CC=CC2)nc1. The van der Waals surface area contributed by atoms with Crippen molar-refractivity contribution in [1.29, 1.82) is 0 Å². The van der Waals surface area contributed by atoms with Crippen molar-refractivity contribution in [2.24, 2.45) is 0 Å². The smallest absolute Gasteiger partial charge is 0.135 e. The second-order valence-corrected chi connectivity index (χ2v) is 3.03. The Morgan fingerprint density at radius 2 is 2.00 bits per heavy atom. The first-order chi connectivity index (χ1) is 6.36. The fraction of sp³-hybridized carbons (Fsp3) is 0.200. The molecule has 0 aromatic carbocycles. The van der Waals surface area contributed by atoms with Crippen LogP contribution in [0.3, 0.4) is 0 Å².